The number of hydrogen-bond acceptors (Lipinski definition) is 4. The fraction of sp³-hybridized carbons (Fsp3) is 0.909. The molecule has 0 spiro atoms. The molecule has 0 aromatic rings. The van der Waals surface area contributed by atoms with Gasteiger partial charge in [0.1, 0.15) is 5.54 Å². The van der Waals surface area contributed by atoms with Crippen molar-refractivity contribution in [2.24, 2.45) is 11.5 Å². The van der Waals surface area contributed by atoms with Crippen molar-refractivity contribution in [3.63, 3.8) is 0 Å². The van der Waals surface area contributed by atoms with E-state index in [1.807, 2.05) is 0 Å². The molecule has 5 nitrogen and oxygen atoms in total. The highest BCUT2D eigenvalue weighted by Gasteiger charge is 2.29. The third-order valence-corrected chi connectivity index (χ3v) is 3.12. The van der Waals surface area contributed by atoms with Gasteiger partial charge in [0.25, 0.3) is 0 Å². The maximum Gasteiger partial charge on any atom is 0.238 e. The van der Waals surface area contributed by atoms with Crippen LogP contribution >= 0.6 is 0 Å². The second-order valence-corrected chi connectivity index (χ2v) is 4.90. The Balaban J connectivity index is 2.34. The summed E-state index contributed by atoms with van der Waals surface area (Å²) in [5.74, 6) is -0.427. The van der Waals surface area contributed by atoms with Crippen LogP contribution in [0.15, 0.2) is 0 Å². The number of carbonyl (C=O) groups excluding carboxylic acids is 1. The lowest BCUT2D eigenvalue weighted by Gasteiger charge is -2.37. The molecule has 1 saturated heterocycles. The highest BCUT2D eigenvalue weighted by Crippen LogP contribution is 2.07. The second kappa shape index (κ2) is 5.61. The number of amides is 1. The SMILES string of the molecule is CCCN1CCN(CC(C)(N)C(N)=O)CC1. The van der Waals surface area contributed by atoms with Crippen LogP contribution in [0.4, 0.5) is 0 Å². The third kappa shape index (κ3) is 3.73. The van der Waals surface area contributed by atoms with E-state index in [4.69, 9.17) is 11.5 Å². The van der Waals surface area contributed by atoms with Crippen molar-refractivity contribution in [1.29, 1.82) is 0 Å². The van der Waals surface area contributed by atoms with Gasteiger partial charge >= 0.3 is 0 Å². The average Bonchev–Trinajstić information content (AvgIpc) is 2.21. The van der Waals surface area contributed by atoms with Gasteiger partial charge in [-0.25, -0.2) is 0 Å². The van der Waals surface area contributed by atoms with Crippen molar-refractivity contribution in [3.8, 4) is 0 Å². The molecule has 1 amide bonds. The minimum absolute atomic E-state index is 0.427. The summed E-state index contributed by atoms with van der Waals surface area (Å²) < 4.78 is 0. The fourth-order valence-electron chi connectivity index (χ4n) is 2.03. The van der Waals surface area contributed by atoms with E-state index in [1.54, 1.807) is 6.92 Å². The molecular formula is C11H24N4O. The van der Waals surface area contributed by atoms with Gasteiger partial charge in [-0.2, -0.15) is 0 Å². The summed E-state index contributed by atoms with van der Waals surface area (Å²) in [6.07, 6.45) is 1.19. The van der Waals surface area contributed by atoms with Crippen LogP contribution in [0.3, 0.4) is 0 Å². The highest BCUT2D eigenvalue weighted by molar-refractivity contribution is 5.84. The predicted molar refractivity (Wildman–Crippen MR) is 65.0 cm³/mol. The lowest BCUT2D eigenvalue weighted by atomic mass is 10.0. The van der Waals surface area contributed by atoms with E-state index in [2.05, 4.69) is 16.7 Å². The van der Waals surface area contributed by atoms with E-state index in [9.17, 15) is 4.79 Å². The number of rotatable bonds is 5. The van der Waals surface area contributed by atoms with Crippen molar-refractivity contribution < 1.29 is 4.79 Å². The molecule has 1 atom stereocenters. The topological polar surface area (TPSA) is 75.6 Å². The lowest BCUT2D eigenvalue weighted by Crippen LogP contribution is -2.59. The maximum absolute atomic E-state index is 11.1. The number of piperazine rings is 1. The van der Waals surface area contributed by atoms with E-state index >= 15 is 0 Å². The summed E-state index contributed by atoms with van der Waals surface area (Å²) in [5.41, 5.74) is 10.2. The van der Waals surface area contributed by atoms with Gasteiger partial charge in [-0.05, 0) is 19.9 Å². The Morgan fingerprint density at radius 1 is 1.25 bits per heavy atom. The van der Waals surface area contributed by atoms with Gasteiger partial charge in [0.05, 0.1) is 0 Å². The van der Waals surface area contributed by atoms with Gasteiger partial charge in [0, 0.05) is 32.7 Å². The minimum atomic E-state index is -0.910. The number of nitrogens with two attached hydrogens (primary N) is 2. The Bertz CT molecular complexity index is 234. The largest absolute Gasteiger partial charge is 0.368 e. The Kier molecular flexibility index (Phi) is 4.70. The molecule has 1 aliphatic heterocycles. The predicted octanol–water partition coefficient (Wildman–Crippen LogP) is -0.783. The fourth-order valence-corrected chi connectivity index (χ4v) is 2.03. The van der Waals surface area contributed by atoms with Crippen LogP contribution in [0.5, 0.6) is 0 Å². The van der Waals surface area contributed by atoms with Crippen molar-refractivity contribution in [3.05, 3.63) is 0 Å². The van der Waals surface area contributed by atoms with Crippen molar-refractivity contribution in [2.75, 3.05) is 39.3 Å². The maximum atomic E-state index is 11.1. The molecule has 1 aliphatic rings. The molecule has 1 rings (SSSR count). The second-order valence-electron chi connectivity index (χ2n) is 4.90. The summed E-state index contributed by atoms with van der Waals surface area (Å²) in [7, 11) is 0. The molecule has 0 aromatic heterocycles. The van der Waals surface area contributed by atoms with Crippen LogP contribution < -0.4 is 11.5 Å². The molecule has 0 bridgehead atoms. The molecule has 1 heterocycles. The quantitative estimate of drug-likeness (QED) is 0.647. The zero-order valence-electron chi connectivity index (χ0n) is 10.4. The van der Waals surface area contributed by atoms with Crippen molar-refractivity contribution in [1.82, 2.24) is 9.80 Å². The molecule has 0 aliphatic carbocycles. The first-order chi connectivity index (χ1) is 7.45. The van der Waals surface area contributed by atoms with Crippen LogP contribution in [0.25, 0.3) is 0 Å². The average molecular weight is 228 g/mol. The first kappa shape index (κ1) is 13.4. The van der Waals surface area contributed by atoms with E-state index in [0.29, 0.717) is 6.54 Å². The summed E-state index contributed by atoms with van der Waals surface area (Å²) in [6.45, 7) is 9.67. The van der Waals surface area contributed by atoms with E-state index in [1.165, 1.54) is 6.42 Å². The smallest absolute Gasteiger partial charge is 0.238 e. The summed E-state index contributed by atoms with van der Waals surface area (Å²) >= 11 is 0. The summed E-state index contributed by atoms with van der Waals surface area (Å²) in [6, 6.07) is 0. The molecule has 16 heavy (non-hydrogen) atoms. The van der Waals surface area contributed by atoms with E-state index in [0.717, 1.165) is 32.7 Å². The van der Waals surface area contributed by atoms with Gasteiger partial charge in [-0.1, -0.05) is 6.92 Å². The summed E-state index contributed by atoms with van der Waals surface area (Å²) in [4.78, 5) is 15.8. The van der Waals surface area contributed by atoms with Crippen molar-refractivity contribution >= 4 is 5.91 Å². The molecule has 1 unspecified atom stereocenters. The molecule has 0 saturated carbocycles. The number of hydrogen-bond donors (Lipinski definition) is 2. The van der Waals surface area contributed by atoms with Gasteiger partial charge in [-0.3, -0.25) is 9.69 Å². The monoisotopic (exact) mass is 228 g/mol. The van der Waals surface area contributed by atoms with Crippen LogP contribution in [-0.4, -0.2) is 60.5 Å². The molecule has 0 radical (unpaired) electrons. The number of carbonyl (C=O) groups is 1. The first-order valence-corrected chi connectivity index (χ1v) is 5.99. The Hall–Kier alpha value is -0.650. The van der Waals surface area contributed by atoms with Gasteiger partial charge < -0.3 is 16.4 Å². The van der Waals surface area contributed by atoms with Gasteiger partial charge in [0.2, 0.25) is 5.91 Å². The Morgan fingerprint density at radius 2 is 1.75 bits per heavy atom. The minimum Gasteiger partial charge on any atom is -0.368 e. The van der Waals surface area contributed by atoms with E-state index < -0.39 is 11.4 Å². The highest BCUT2D eigenvalue weighted by atomic mass is 16.1. The zero-order valence-corrected chi connectivity index (χ0v) is 10.4. The molecule has 5 heteroatoms. The molecular weight excluding hydrogens is 204 g/mol. The van der Waals surface area contributed by atoms with Gasteiger partial charge in [0.15, 0.2) is 0 Å². The summed E-state index contributed by atoms with van der Waals surface area (Å²) in [5, 5.41) is 0. The van der Waals surface area contributed by atoms with Crippen LogP contribution in [0, 0.1) is 0 Å². The molecule has 4 N–H and O–H groups in total. The first-order valence-electron chi connectivity index (χ1n) is 5.99. The molecule has 94 valence electrons. The van der Waals surface area contributed by atoms with Crippen LogP contribution in [-0.2, 0) is 4.79 Å². The zero-order chi connectivity index (χ0) is 12.2. The van der Waals surface area contributed by atoms with Crippen molar-refractivity contribution in [2.45, 2.75) is 25.8 Å². The Morgan fingerprint density at radius 3 is 2.19 bits per heavy atom. The standard InChI is InChI=1S/C11H24N4O/c1-3-4-14-5-7-15(8-6-14)9-11(2,13)10(12)16/h3-9,13H2,1-2H3,(H2,12,16). The van der Waals surface area contributed by atoms with E-state index in [-0.39, 0.29) is 0 Å². The number of primary amides is 1. The molecule has 0 aromatic carbocycles. The van der Waals surface area contributed by atoms with Crippen LogP contribution in [0.2, 0.25) is 0 Å². The van der Waals surface area contributed by atoms with Gasteiger partial charge in [-0.15, -0.1) is 0 Å². The number of nitrogens with zero attached hydrogens (tertiary/aromatic N) is 2. The normalized spacial score (nSPS) is 22.9. The Labute approximate surface area is 97.7 Å². The third-order valence-electron chi connectivity index (χ3n) is 3.12. The molecule has 1 fully saturated rings. The lowest BCUT2D eigenvalue weighted by molar-refractivity contribution is -0.123. The van der Waals surface area contributed by atoms with Crippen LogP contribution in [0.1, 0.15) is 20.3 Å².